The van der Waals surface area contributed by atoms with Crippen LogP contribution in [-0.4, -0.2) is 44.3 Å². The second-order valence-corrected chi connectivity index (χ2v) is 6.84. The van der Waals surface area contributed by atoms with Gasteiger partial charge in [0.15, 0.2) is 0 Å². The number of rotatable bonds is 6. The average Bonchev–Trinajstić information content (AvgIpc) is 3.01. The molecule has 6 heteroatoms. The van der Waals surface area contributed by atoms with Gasteiger partial charge in [0.1, 0.15) is 11.5 Å². The Morgan fingerprint density at radius 1 is 1.17 bits per heavy atom. The monoisotopic (exact) mass is 398 g/mol. The smallest absolute Gasteiger partial charge is 0.135 e. The van der Waals surface area contributed by atoms with Crippen LogP contribution in [0.2, 0.25) is 5.02 Å². The molecular weight excluding hydrogens is 380 g/mol. The van der Waals surface area contributed by atoms with Crippen molar-refractivity contribution in [3.8, 4) is 11.3 Å². The fourth-order valence-electron chi connectivity index (χ4n) is 2.58. The van der Waals surface area contributed by atoms with Crippen molar-refractivity contribution in [1.82, 2.24) is 10.2 Å². The number of nitrogens with zero attached hydrogens (tertiary/aromatic N) is 1. The molecule has 124 valence electrons. The second kappa shape index (κ2) is 8.31. The van der Waals surface area contributed by atoms with E-state index < -0.39 is 0 Å². The standard InChI is InChI=1S/C17H20BrClN2O2/c18-13-1-3-15(16(19)11-13)17-4-2-14(23-17)12-20-5-6-21-7-9-22-10-8-21/h1-4,11,20H,5-10,12H2. The van der Waals surface area contributed by atoms with Crippen LogP contribution in [0.4, 0.5) is 0 Å². The molecule has 0 unspecified atom stereocenters. The Balaban J connectivity index is 1.49. The molecule has 1 aliphatic rings. The molecule has 0 radical (unpaired) electrons. The fraction of sp³-hybridized carbons (Fsp3) is 0.412. The van der Waals surface area contributed by atoms with E-state index in [9.17, 15) is 0 Å². The minimum Gasteiger partial charge on any atom is -0.460 e. The van der Waals surface area contributed by atoms with Crippen LogP contribution >= 0.6 is 27.5 Å². The minimum atomic E-state index is 0.681. The highest BCUT2D eigenvalue weighted by Crippen LogP contribution is 2.31. The van der Waals surface area contributed by atoms with Crippen LogP contribution < -0.4 is 5.32 Å². The van der Waals surface area contributed by atoms with Gasteiger partial charge < -0.3 is 14.5 Å². The Labute approximate surface area is 149 Å². The molecule has 1 aromatic heterocycles. The number of nitrogens with one attached hydrogen (secondary N) is 1. The summed E-state index contributed by atoms with van der Waals surface area (Å²) in [5, 5.41) is 4.10. The number of benzene rings is 1. The van der Waals surface area contributed by atoms with Gasteiger partial charge in [-0.05, 0) is 30.3 Å². The van der Waals surface area contributed by atoms with Gasteiger partial charge in [0.25, 0.3) is 0 Å². The molecule has 0 spiro atoms. The molecule has 0 saturated carbocycles. The van der Waals surface area contributed by atoms with E-state index in [0.29, 0.717) is 5.02 Å². The second-order valence-electron chi connectivity index (χ2n) is 5.52. The summed E-state index contributed by atoms with van der Waals surface area (Å²) in [4.78, 5) is 2.41. The lowest BCUT2D eigenvalue weighted by molar-refractivity contribution is 0.0383. The van der Waals surface area contributed by atoms with E-state index in [1.165, 1.54) is 0 Å². The molecule has 1 N–H and O–H groups in total. The van der Waals surface area contributed by atoms with Gasteiger partial charge in [-0.1, -0.05) is 27.5 Å². The van der Waals surface area contributed by atoms with Crippen LogP contribution in [0.5, 0.6) is 0 Å². The van der Waals surface area contributed by atoms with Gasteiger partial charge in [0.2, 0.25) is 0 Å². The first-order valence-electron chi connectivity index (χ1n) is 7.77. The first-order valence-corrected chi connectivity index (χ1v) is 8.94. The van der Waals surface area contributed by atoms with E-state index in [2.05, 4.69) is 26.1 Å². The maximum atomic E-state index is 6.26. The third-order valence-electron chi connectivity index (χ3n) is 3.87. The molecule has 23 heavy (non-hydrogen) atoms. The lowest BCUT2D eigenvalue weighted by atomic mass is 10.2. The van der Waals surface area contributed by atoms with Gasteiger partial charge in [0.05, 0.1) is 24.8 Å². The van der Waals surface area contributed by atoms with Crippen LogP contribution in [0, 0.1) is 0 Å². The molecule has 1 fully saturated rings. The molecular formula is C17H20BrClN2O2. The van der Waals surface area contributed by atoms with Crippen molar-refractivity contribution in [1.29, 1.82) is 0 Å². The van der Waals surface area contributed by atoms with Gasteiger partial charge in [-0.3, -0.25) is 4.90 Å². The van der Waals surface area contributed by atoms with E-state index in [1.54, 1.807) is 0 Å². The Morgan fingerprint density at radius 3 is 2.78 bits per heavy atom. The third kappa shape index (κ3) is 4.81. The molecule has 0 amide bonds. The number of hydrogen-bond acceptors (Lipinski definition) is 4. The highest BCUT2D eigenvalue weighted by Gasteiger charge is 2.11. The Bertz CT molecular complexity index is 641. The summed E-state index contributed by atoms with van der Waals surface area (Å²) >= 11 is 9.68. The molecule has 1 aliphatic heterocycles. The fourth-order valence-corrected chi connectivity index (χ4v) is 3.35. The average molecular weight is 400 g/mol. The van der Waals surface area contributed by atoms with Crippen molar-refractivity contribution in [3.63, 3.8) is 0 Å². The number of hydrogen-bond donors (Lipinski definition) is 1. The van der Waals surface area contributed by atoms with Gasteiger partial charge in [-0.2, -0.15) is 0 Å². The van der Waals surface area contributed by atoms with Crippen LogP contribution in [-0.2, 0) is 11.3 Å². The van der Waals surface area contributed by atoms with Crippen LogP contribution in [0.3, 0.4) is 0 Å². The Hall–Kier alpha value is -0.850. The highest BCUT2D eigenvalue weighted by atomic mass is 79.9. The number of halogens is 2. The first-order chi connectivity index (χ1) is 11.2. The van der Waals surface area contributed by atoms with Crippen molar-refractivity contribution >= 4 is 27.5 Å². The van der Waals surface area contributed by atoms with E-state index >= 15 is 0 Å². The summed E-state index contributed by atoms with van der Waals surface area (Å²) in [6.45, 7) is 6.43. The van der Waals surface area contributed by atoms with E-state index in [4.69, 9.17) is 20.8 Å². The Morgan fingerprint density at radius 2 is 2.00 bits per heavy atom. The lowest BCUT2D eigenvalue weighted by Gasteiger charge is -2.26. The number of furan rings is 1. The van der Waals surface area contributed by atoms with Crippen LogP contribution in [0.25, 0.3) is 11.3 Å². The molecule has 1 aromatic carbocycles. The van der Waals surface area contributed by atoms with Gasteiger partial charge in [-0.15, -0.1) is 0 Å². The zero-order chi connectivity index (χ0) is 16.1. The zero-order valence-corrected chi connectivity index (χ0v) is 15.2. The van der Waals surface area contributed by atoms with Crippen molar-refractivity contribution in [2.75, 3.05) is 39.4 Å². The van der Waals surface area contributed by atoms with Crippen molar-refractivity contribution in [2.24, 2.45) is 0 Å². The molecule has 0 atom stereocenters. The topological polar surface area (TPSA) is 37.6 Å². The minimum absolute atomic E-state index is 0.681. The molecule has 2 aromatic rings. The van der Waals surface area contributed by atoms with Gasteiger partial charge >= 0.3 is 0 Å². The van der Waals surface area contributed by atoms with Crippen LogP contribution in [0.15, 0.2) is 39.2 Å². The third-order valence-corrected chi connectivity index (χ3v) is 4.67. The van der Waals surface area contributed by atoms with Crippen molar-refractivity contribution in [2.45, 2.75) is 6.54 Å². The molecule has 0 aliphatic carbocycles. The van der Waals surface area contributed by atoms with E-state index in [1.807, 2.05) is 30.3 Å². The molecule has 4 nitrogen and oxygen atoms in total. The van der Waals surface area contributed by atoms with Crippen molar-refractivity contribution in [3.05, 3.63) is 45.6 Å². The normalized spacial score (nSPS) is 15.9. The summed E-state index contributed by atoms with van der Waals surface area (Å²) in [5.41, 5.74) is 0.912. The summed E-state index contributed by atoms with van der Waals surface area (Å²) < 4.78 is 12.2. The van der Waals surface area contributed by atoms with Gasteiger partial charge in [0, 0.05) is 36.2 Å². The largest absolute Gasteiger partial charge is 0.460 e. The van der Waals surface area contributed by atoms with Gasteiger partial charge in [-0.25, -0.2) is 0 Å². The summed E-state index contributed by atoms with van der Waals surface area (Å²) in [7, 11) is 0. The maximum Gasteiger partial charge on any atom is 0.135 e. The van der Waals surface area contributed by atoms with E-state index in [0.717, 1.165) is 67.5 Å². The predicted octanol–water partition coefficient (Wildman–Crippen LogP) is 3.78. The number of morpholine rings is 1. The molecule has 2 heterocycles. The Kier molecular flexibility index (Phi) is 6.14. The summed E-state index contributed by atoms with van der Waals surface area (Å²) in [6, 6.07) is 9.76. The first kappa shape index (κ1) is 17.0. The highest BCUT2D eigenvalue weighted by molar-refractivity contribution is 9.10. The quantitative estimate of drug-likeness (QED) is 0.750. The number of ether oxygens (including phenoxy) is 1. The SMILES string of the molecule is Clc1cc(Br)ccc1-c1ccc(CNCCN2CCOCC2)o1. The molecule has 0 bridgehead atoms. The zero-order valence-electron chi connectivity index (χ0n) is 12.9. The van der Waals surface area contributed by atoms with Crippen LogP contribution in [0.1, 0.15) is 5.76 Å². The predicted molar refractivity (Wildman–Crippen MR) is 95.8 cm³/mol. The summed E-state index contributed by atoms with van der Waals surface area (Å²) in [6.07, 6.45) is 0. The van der Waals surface area contributed by atoms with Crippen molar-refractivity contribution < 1.29 is 9.15 Å². The lowest BCUT2D eigenvalue weighted by Crippen LogP contribution is -2.40. The molecule has 1 saturated heterocycles. The van der Waals surface area contributed by atoms with E-state index in [-0.39, 0.29) is 0 Å². The summed E-state index contributed by atoms with van der Waals surface area (Å²) in [5.74, 6) is 1.72. The molecule has 3 rings (SSSR count). The maximum absolute atomic E-state index is 6.26.